The number of halogens is 1. The molecule has 0 aliphatic rings. The topological polar surface area (TPSA) is 72.2 Å². The van der Waals surface area contributed by atoms with Gasteiger partial charge in [0.15, 0.2) is 0 Å². The molecule has 0 bridgehead atoms. The molecule has 4 nitrogen and oxygen atoms in total. The molecule has 0 aliphatic carbocycles. The average Bonchev–Trinajstić information content (AvgIpc) is 2.67. The van der Waals surface area contributed by atoms with Gasteiger partial charge in [0.25, 0.3) is 10.0 Å². The predicted octanol–water partition coefficient (Wildman–Crippen LogP) is 3.71. The van der Waals surface area contributed by atoms with Gasteiger partial charge in [-0.2, -0.15) is 0 Å². The van der Waals surface area contributed by atoms with E-state index in [1.54, 1.807) is 19.1 Å². The lowest BCUT2D eigenvalue weighted by atomic mass is 10.1. The summed E-state index contributed by atoms with van der Waals surface area (Å²) in [5.41, 5.74) is 9.34. The van der Waals surface area contributed by atoms with E-state index in [9.17, 15) is 8.42 Å². The maximum atomic E-state index is 12.3. The summed E-state index contributed by atoms with van der Waals surface area (Å²) in [6.07, 6.45) is 0. The van der Waals surface area contributed by atoms with Crippen molar-refractivity contribution >= 4 is 44.3 Å². The fourth-order valence-electron chi connectivity index (χ4n) is 1.74. The molecule has 0 unspecified atom stereocenters. The number of anilines is 2. The number of hydrogen-bond donors (Lipinski definition) is 2. The number of sulfonamides is 1. The predicted molar refractivity (Wildman–Crippen MR) is 85.2 cm³/mol. The van der Waals surface area contributed by atoms with E-state index in [-0.39, 0.29) is 4.21 Å². The first-order valence-electron chi connectivity index (χ1n) is 5.86. The van der Waals surface area contributed by atoms with Crippen molar-refractivity contribution in [2.75, 3.05) is 10.5 Å². The number of hydrogen-bond acceptors (Lipinski definition) is 4. The quantitative estimate of drug-likeness (QED) is 0.843. The van der Waals surface area contributed by atoms with Crippen molar-refractivity contribution in [3.05, 3.63) is 39.2 Å². The van der Waals surface area contributed by atoms with Crippen LogP contribution in [-0.2, 0) is 10.0 Å². The third-order valence-corrected chi connectivity index (χ3v) is 6.35. The first-order chi connectivity index (χ1) is 9.20. The highest BCUT2D eigenvalue weighted by Gasteiger charge is 2.19. The van der Waals surface area contributed by atoms with Crippen LogP contribution >= 0.6 is 22.9 Å². The summed E-state index contributed by atoms with van der Waals surface area (Å²) >= 11 is 6.96. The van der Waals surface area contributed by atoms with Crippen LogP contribution in [0.1, 0.15) is 16.7 Å². The van der Waals surface area contributed by atoms with E-state index in [1.807, 2.05) is 19.9 Å². The van der Waals surface area contributed by atoms with Gasteiger partial charge in [0.05, 0.1) is 10.0 Å². The Morgan fingerprint density at radius 2 is 1.75 bits per heavy atom. The van der Waals surface area contributed by atoms with Crippen molar-refractivity contribution in [1.29, 1.82) is 0 Å². The van der Waals surface area contributed by atoms with Gasteiger partial charge in [-0.25, -0.2) is 8.42 Å². The molecule has 0 fully saturated rings. The summed E-state index contributed by atoms with van der Waals surface area (Å²) in [4.78, 5) is 0. The molecule has 0 atom stereocenters. The van der Waals surface area contributed by atoms with Gasteiger partial charge in [0, 0.05) is 5.69 Å². The molecular formula is C13H15ClN2O2S2. The summed E-state index contributed by atoms with van der Waals surface area (Å²) in [5.74, 6) is 0. The smallest absolute Gasteiger partial charge is 0.271 e. The van der Waals surface area contributed by atoms with Crippen LogP contribution in [0, 0.1) is 20.8 Å². The largest absolute Gasteiger partial charge is 0.398 e. The van der Waals surface area contributed by atoms with Gasteiger partial charge < -0.3 is 5.73 Å². The number of nitrogen functional groups attached to an aromatic ring is 1. The Bertz CT molecular complexity index is 747. The van der Waals surface area contributed by atoms with Crippen LogP contribution in [-0.4, -0.2) is 8.42 Å². The van der Waals surface area contributed by atoms with Crippen molar-refractivity contribution in [3.63, 3.8) is 0 Å². The lowest BCUT2D eigenvalue weighted by Crippen LogP contribution is -2.13. The zero-order chi connectivity index (χ0) is 15.1. The summed E-state index contributed by atoms with van der Waals surface area (Å²) in [6.45, 7) is 5.48. The van der Waals surface area contributed by atoms with Gasteiger partial charge in [0.2, 0.25) is 0 Å². The maximum Gasteiger partial charge on any atom is 0.271 e. The molecule has 0 saturated carbocycles. The van der Waals surface area contributed by atoms with E-state index in [4.69, 9.17) is 17.3 Å². The lowest BCUT2D eigenvalue weighted by molar-refractivity contribution is 0.603. The highest BCUT2D eigenvalue weighted by molar-refractivity contribution is 7.94. The van der Waals surface area contributed by atoms with Gasteiger partial charge in [-0.05, 0) is 49.6 Å². The minimum absolute atomic E-state index is 0.193. The zero-order valence-electron chi connectivity index (χ0n) is 11.3. The molecule has 1 aromatic carbocycles. The van der Waals surface area contributed by atoms with E-state index in [2.05, 4.69) is 4.72 Å². The molecule has 7 heteroatoms. The van der Waals surface area contributed by atoms with Gasteiger partial charge in [-0.3, -0.25) is 4.72 Å². The van der Waals surface area contributed by atoms with Crippen LogP contribution in [0.25, 0.3) is 0 Å². The van der Waals surface area contributed by atoms with Crippen LogP contribution in [0.5, 0.6) is 0 Å². The average molecular weight is 331 g/mol. The molecule has 108 valence electrons. The second kappa shape index (κ2) is 5.27. The number of rotatable bonds is 3. The molecule has 2 rings (SSSR count). The van der Waals surface area contributed by atoms with Crippen molar-refractivity contribution < 1.29 is 8.42 Å². The number of benzene rings is 1. The van der Waals surface area contributed by atoms with Crippen molar-refractivity contribution in [1.82, 2.24) is 0 Å². The lowest BCUT2D eigenvalue weighted by Gasteiger charge is -2.11. The summed E-state index contributed by atoms with van der Waals surface area (Å²) in [7, 11) is -3.64. The second-order valence-corrected chi connectivity index (χ2v) is 8.21. The Balaban J connectivity index is 2.40. The second-order valence-electron chi connectivity index (χ2n) is 4.65. The van der Waals surface area contributed by atoms with Crippen molar-refractivity contribution in [2.24, 2.45) is 0 Å². The highest BCUT2D eigenvalue weighted by Crippen LogP contribution is 2.32. The third-order valence-electron chi connectivity index (χ3n) is 2.96. The number of aryl methyl sites for hydroxylation is 3. The van der Waals surface area contributed by atoms with Crippen LogP contribution in [0.15, 0.2) is 22.4 Å². The van der Waals surface area contributed by atoms with Gasteiger partial charge >= 0.3 is 0 Å². The van der Waals surface area contributed by atoms with Gasteiger partial charge in [-0.1, -0.05) is 17.7 Å². The first-order valence-corrected chi connectivity index (χ1v) is 8.54. The minimum Gasteiger partial charge on any atom is -0.398 e. The molecule has 0 amide bonds. The van der Waals surface area contributed by atoms with E-state index < -0.39 is 10.0 Å². The van der Waals surface area contributed by atoms with Crippen LogP contribution in [0.4, 0.5) is 11.4 Å². The fourth-order valence-corrected chi connectivity index (χ4v) is 4.57. The molecule has 3 N–H and O–H groups in total. The van der Waals surface area contributed by atoms with E-state index in [1.165, 1.54) is 0 Å². The summed E-state index contributed by atoms with van der Waals surface area (Å²) < 4.78 is 27.9. The van der Waals surface area contributed by atoms with Crippen molar-refractivity contribution in [2.45, 2.75) is 25.0 Å². The van der Waals surface area contributed by atoms with E-state index in [0.717, 1.165) is 28.0 Å². The Hall–Kier alpha value is -1.24. The Morgan fingerprint density at radius 1 is 1.10 bits per heavy atom. The summed E-state index contributed by atoms with van der Waals surface area (Å²) in [5, 5.41) is 0. The molecule has 0 radical (unpaired) electrons. The monoisotopic (exact) mass is 330 g/mol. The van der Waals surface area contributed by atoms with Crippen LogP contribution in [0.2, 0.25) is 4.34 Å². The molecule has 0 aliphatic heterocycles. The standard InChI is InChI=1S/C13H15ClN2O2S2/c1-7-4-8(2)11(6-10(7)15)16-20(17,18)12-5-9(3)13(14)19-12/h4-6,16H,15H2,1-3H3. The molecule has 0 spiro atoms. The van der Waals surface area contributed by atoms with Crippen molar-refractivity contribution in [3.8, 4) is 0 Å². The molecule has 0 saturated heterocycles. The Morgan fingerprint density at radius 3 is 2.30 bits per heavy atom. The highest BCUT2D eigenvalue weighted by atomic mass is 35.5. The Labute approximate surface area is 127 Å². The fraction of sp³-hybridized carbons (Fsp3) is 0.231. The van der Waals surface area contributed by atoms with Crippen LogP contribution in [0.3, 0.4) is 0 Å². The molecular weight excluding hydrogens is 316 g/mol. The normalized spacial score (nSPS) is 11.6. The van der Waals surface area contributed by atoms with E-state index in [0.29, 0.717) is 15.7 Å². The third kappa shape index (κ3) is 2.92. The summed E-state index contributed by atoms with van der Waals surface area (Å²) in [6, 6.07) is 5.03. The number of nitrogens with one attached hydrogen (secondary N) is 1. The van der Waals surface area contributed by atoms with E-state index >= 15 is 0 Å². The Kier molecular flexibility index (Phi) is 4.00. The molecule has 1 aromatic heterocycles. The SMILES string of the molecule is Cc1cc(C)c(NS(=O)(=O)c2cc(C)c(Cl)s2)cc1N. The van der Waals surface area contributed by atoms with Crippen LogP contribution < -0.4 is 10.5 Å². The minimum atomic E-state index is -3.64. The zero-order valence-corrected chi connectivity index (χ0v) is 13.7. The molecule has 1 heterocycles. The first kappa shape index (κ1) is 15.2. The maximum absolute atomic E-state index is 12.3. The van der Waals surface area contributed by atoms with Gasteiger partial charge in [0.1, 0.15) is 4.21 Å². The molecule has 20 heavy (non-hydrogen) atoms. The van der Waals surface area contributed by atoms with Gasteiger partial charge in [-0.15, -0.1) is 11.3 Å². The number of nitrogens with two attached hydrogens (primary N) is 1. The molecule has 2 aromatic rings. The number of thiophene rings is 1.